The van der Waals surface area contributed by atoms with Crippen molar-refractivity contribution in [1.82, 2.24) is 5.32 Å². The van der Waals surface area contributed by atoms with Gasteiger partial charge in [-0.05, 0) is 37.3 Å². The van der Waals surface area contributed by atoms with E-state index in [1.807, 2.05) is 0 Å². The largest absolute Gasteiger partial charge is 0.307 e. The lowest BCUT2D eigenvalue weighted by Gasteiger charge is -2.13. The second kappa shape index (κ2) is 4.14. The lowest BCUT2D eigenvalue weighted by atomic mass is 10.1. The third-order valence-electron chi connectivity index (χ3n) is 2.95. The van der Waals surface area contributed by atoms with Crippen LogP contribution in [-0.4, -0.2) is 6.04 Å². The second-order valence-corrected chi connectivity index (χ2v) is 4.26. The molecule has 0 heterocycles. The number of hydrogen-bond donors (Lipinski definition) is 1. The van der Waals surface area contributed by atoms with Crippen molar-refractivity contribution in [3.8, 4) is 0 Å². The molecule has 0 spiro atoms. The number of rotatable bonds is 4. The van der Waals surface area contributed by atoms with Gasteiger partial charge in [0.25, 0.3) is 0 Å². The lowest BCUT2D eigenvalue weighted by Crippen LogP contribution is -2.20. The van der Waals surface area contributed by atoms with E-state index in [0.29, 0.717) is 6.04 Å². The van der Waals surface area contributed by atoms with Crippen molar-refractivity contribution < 1.29 is 0 Å². The van der Waals surface area contributed by atoms with Crippen molar-refractivity contribution in [2.24, 2.45) is 0 Å². The molecule has 0 bridgehead atoms. The molecule has 1 heteroatoms. The van der Waals surface area contributed by atoms with Crippen LogP contribution in [0.5, 0.6) is 0 Å². The summed E-state index contributed by atoms with van der Waals surface area (Å²) in [6.07, 6.45) is 3.85. The minimum absolute atomic E-state index is 0.508. The molecule has 2 rings (SSSR count). The third-order valence-corrected chi connectivity index (χ3v) is 2.95. The fourth-order valence-electron chi connectivity index (χ4n) is 1.74. The van der Waals surface area contributed by atoms with Crippen LogP contribution in [-0.2, 0) is 6.42 Å². The Kier molecular flexibility index (Phi) is 2.87. The molecule has 0 radical (unpaired) electrons. The minimum Gasteiger partial charge on any atom is -0.307 e. The Morgan fingerprint density at radius 1 is 1.29 bits per heavy atom. The van der Waals surface area contributed by atoms with Crippen molar-refractivity contribution in [1.29, 1.82) is 0 Å². The van der Waals surface area contributed by atoms with Crippen molar-refractivity contribution in [3.05, 3.63) is 35.4 Å². The van der Waals surface area contributed by atoms with E-state index in [0.717, 1.165) is 12.5 Å². The molecule has 1 N–H and O–H groups in total. The van der Waals surface area contributed by atoms with Crippen molar-refractivity contribution in [2.75, 3.05) is 0 Å². The average Bonchev–Trinajstić information content (AvgIpc) is 3.02. The van der Waals surface area contributed by atoms with Crippen LogP contribution in [0.25, 0.3) is 0 Å². The van der Waals surface area contributed by atoms with Crippen LogP contribution in [0.4, 0.5) is 0 Å². The second-order valence-electron chi connectivity index (χ2n) is 4.26. The third kappa shape index (κ3) is 2.36. The van der Waals surface area contributed by atoms with E-state index in [-0.39, 0.29) is 0 Å². The van der Waals surface area contributed by atoms with Crippen LogP contribution in [0, 0.1) is 0 Å². The Bertz CT molecular complexity index is 285. The number of nitrogens with one attached hydrogen (secondary N) is 1. The molecule has 0 amide bonds. The Morgan fingerprint density at radius 3 is 2.43 bits per heavy atom. The SMILES string of the molecule is CCc1ccc([C@H](C)NC2CC2)cc1. The standard InChI is InChI=1S/C13H19N/c1-3-11-4-6-12(7-5-11)10(2)14-13-8-9-13/h4-7,10,13-14H,3,8-9H2,1-2H3/t10-/m0/s1. The monoisotopic (exact) mass is 189 g/mol. The Hall–Kier alpha value is -0.820. The summed E-state index contributed by atoms with van der Waals surface area (Å²) in [4.78, 5) is 0. The van der Waals surface area contributed by atoms with Gasteiger partial charge >= 0.3 is 0 Å². The first-order valence-electron chi connectivity index (χ1n) is 5.64. The van der Waals surface area contributed by atoms with E-state index in [1.54, 1.807) is 0 Å². The predicted octanol–water partition coefficient (Wildman–Crippen LogP) is 3.06. The molecule has 1 nitrogen and oxygen atoms in total. The molecule has 1 atom stereocenters. The molecular formula is C13H19N. The molecule has 1 aliphatic carbocycles. The lowest BCUT2D eigenvalue weighted by molar-refractivity contribution is 0.571. The van der Waals surface area contributed by atoms with Gasteiger partial charge in [0.1, 0.15) is 0 Å². The molecule has 14 heavy (non-hydrogen) atoms. The van der Waals surface area contributed by atoms with Crippen molar-refractivity contribution in [3.63, 3.8) is 0 Å². The Balaban J connectivity index is 1.99. The molecule has 0 aromatic heterocycles. The maximum absolute atomic E-state index is 3.61. The summed E-state index contributed by atoms with van der Waals surface area (Å²) in [5.74, 6) is 0. The molecule has 0 unspecified atom stereocenters. The highest BCUT2D eigenvalue weighted by molar-refractivity contribution is 5.24. The number of aryl methyl sites for hydroxylation is 1. The fourth-order valence-corrected chi connectivity index (χ4v) is 1.74. The van der Waals surface area contributed by atoms with Gasteiger partial charge in [-0.25, -0.2) is 0 Å². The zero-order valence-electron chi connectivity index (χ0n) is 9.09. The van der Waals surface area contributed by atoms with Gasteiger partial charge in [0.15, 0.2) is 0 Å². The zero-order valence-corrected chi connectivity index (χ0v) is 9.09. The smallest absolute Gasteiger partial charge is 0.0294 e. The van der Waals surface area contributed by atoms with Crippen LogP contribution in [0.15, 0.2) is 24.3 Å². The summed E-state index contributed by atoms with van der Waals surface area (Å²) in [6, 6.07) is 10.3. The fraction of sp³-hybridized carbons (Fsp3) is 0.538. The van der Waals surface area contributed by atoms with Gasteiger partial charge in [-0.3, -0.25) is 0 Å². The van der Waals surface area contributed by atoms with Crippen LogP contribution >= 0.6 is 0 Å². The quantitative estimate of drug-likeness (QED) is 0.767. The molecule has 1 saturated carbocycles. The highest BCUT2D eigenvalue weighted by atomic mass is 15.0. The summed E-state index contributed by atoms with van der Waals surface area (Å²) >= 11 is 0. The van der Waals surface area contributed by atoms with E-state index in [4.69, 9.17) is 0 Å². The van der Waals surface area contributed by atoms with E-state index < -0.39 is 0 Å². The first kappa shape index (κ1) is 9.72. The summed E-state index contributed by atoms with van der Waals surface area (Å²) in [5.41, 5.74) is 2.83. The highest BCUT2D eigenvalue weighted by Crippen LogP contribution is 2.24. The predicted molar refractivity (Wildman–Crippen MR) is 60.4 cm³/mol. The first-order chi connectivity index (χ1) is 6.79. The topological polar surface area (TPSA) is 12.0 Å². The maximum atomic E-state index is 3.61. The van der Waals surface area contributed by atoms with E-state index in [2.05, 4.69) is 43.4 Å². The van der Waals surface area contributed by atoms with Gasteiger partial charge in [0, 0.05) is 12.1 Å². The first-order valence-corrected chi connectivity index (χ1v) is 5.64. The van der Waals surface area contributed by atoms with Crippen LogP contribution in [0.3, 0.4) is 0 Å². The van der Waals surface area contributed by atoms with E-state index >= 15 is 0 Å². The molecule has 1 aromatic rings. The number of hydrogen-bond acceptors (Lipinski definition) is 1. The van der Waals surface area contributed by atoms with E-state index in [9.17, 15) is 0 Å². The molecule has 1 fully saturated rings. The molecule has 1 aromatic carbocycles. The van der Waals surface area contributed by atoms with Gasteiger partial charge in [0.2, 0.25) is 0 Å². The van der Waals surface area contributed by atoms with Gasteiger partial charge in [-0.15, -0.1) is 0 Å². The normalized spacial score (nSPS) is 18.1. The van der Waals surface area contributed by atoms with Gasteiger partial charge in [0.05, 0.1) is 0 Å². The Morgan fingerprint density at radius 2 is 1.93 bits per heavy atom. The summed E-state index contributed by atoms with van der Waals surface area (Å²) in [6.45, 7) is 4.44. The van der Waals surface area contributed by atoms with Crippen LogP contribution < -0.4 is 5.32 Å². The van der Waals surface area contributed by atoms with Crippen molar-refractivity contribution >= 4 is 0 Å². The zero-order chi connectivity index (χ0) is 9.97. The van der Waals surface area contributed by atoms with Gasteiger partial charge in [-0.2, -0.15) is 0 Å². The molecule has 0 aliphatic heterocycles. The van der Waals surface area contributed by atoms with E-state index in [1.165, 1.54) is 24.0 Å². The van der Waals surface area contributed by atoms with Crippen LogP contribution in [0.1, 0.15) is 43.9 Å². The summed E-state index contributed by atoms with van der Waals surface area (Å²) in [7, 11) is 0. The highest BCUT2D eigenvalue weighted by Gasteiger charge is 2.22. The molecular weight excluding hydrogens is 170 g/mol. The number of benzene rings is 1. The van der Waals surface area contributed by atoms with Gasteiger partial charge < -0.3 is 5.32 Å². The average molecular weight is 189 g/mol. The van der Waals surface area contributed by atoms with Gasteiger partial charge in [-0.1, -0.05) is 31.2 Å². The summed E-state index contributed by atoms with van der Waals surface area (Å²) in [5, 5.41) is 3.61. The molecule has 1 aliphatic rings. The minimum atomic E-state index is 0.508. The molecule has 76 valence electrons. The molecule has 0 saturated heterocycles. The summed E-state index contributed by atoms with van der Waals surface area (Å²) < 4.78 is 0. The van der Waals surface area contributed by atoms with Crippen molar-refractivity contribution in [2.45, 2.75) is 45.2 Å². The van der Waals surface area contributed by atoms with Crippen LogP contribution in [0.2, 0.25) is 0 Å². The Labute approximate surface area is 86.5 Å². The maximum Gasteiger partial charge on any atom is 0.0294 e.